The average Bonchev–Trinajstić information content (AvgIpc) is 3.25. The summed E-state index contributed by atoms with van der Waals surface area (Å²) in [6.07, 6.45) is 3.65. The number of nitro benzene ring substituents is 1. The average molecular weight is 456 g/mol. The van der Waals surface area contributed by atoms with Crippen LogP contribution in [0.25, 0.3) is 33.9 Å². The van der Waals surface area contributed by atoms with Crippen molar-refractivity contribution in [3.8, 4) is 33.9 Å². The summed E-state index contributed by atoms with van der Waals surface area (Å²) < 4.78 is 29.6. The molecule has 0 saturated carbocycles. The zero-order chi connectivity index (χ0) is 23.8. The number of aromatic nitrogens is 3. The van der Waals surface area contributed by atoms with E-state index in [0.29, 0.717) is 23.5 Å². The lowest BCUT2D eigenvalue weighted by Gasteiger charge is -2.09. The molecule has 3 aromatic rings. The van der Waals surface area contributed by atoms with E-state index in [1.807, 2.05) is 41.1 Å². The lowest BCUT2D eigenvalue weighted by atomic mass is 10.0. The van der Waals surface area contributed by atoms with Crippen molar-refractivity contribution in [1.29, 1.82) is 0 Å². The fraction of sp³-hybridized carbons (Fsp3) is 0.0769. The van der Waals surface area contributed by atoms with Crippen LogP contribution in [0.1, 0.15) is 11.1 Å². The second-order valence-corrected chi connectivity index (χ2v) is 7.99. The van der Waals surface area contributed by atoms with Crippen molar-refractivity contribution >= 4 is 5.69 Å². The fourth-order valence-electron chi connectivity index (χ4n) is 3.85. The Bertz CT molecular complexity index is 1500. The number of benzene rings is 3. The topological polar surface area (TPSA) is 73.8 Å². The van der Waals surface area contributed by atoms with Gasteiger partial charge in [0.05, 0.1) is 16.2 Å². The van der Waals surface area contributed by atoms with Gasteiger partial charge in [0.1, 0.15) is 5.69 Å². The molecule has 0 aliphatic carbocycles. The third-order valence-electron chi connectivity index (χ3n) is 5.68. The highest BCUT2D eigenvalue weighted by atomic mass is 19.2. The standard InChI is InChI=1S/C26H18F2N4O2/c1-16-5-8-19(13-24(16)32(33)34)18-9-6-17(7-10-18)14-31-12-11-22-23(15-31)30-26(29-22)20-3-2-4-21(27)25(20)28/h2-13,15H,14H2,1H3. The quantitative estimate of drug-likeness (QED) is 0.231. The zero-order valence-corrected chi connectivity index (χ0v) is 18.1. The normalized spacial score (nSPS) is 11.1. The summed E-state index contributed by atoms with van der Waals surface area (Å²) in [6.45, 7) is 2.27. The van der Waals surface area contributed by atoms with Crippen molar-refractivity contribution in [3.05, 3.63) is 112 Å². The van der Waals surface area contributed by atoms with Gasteiger partial charge >= 0.3 is 0 Å². The van der Waals surface area contributed by atoms with Gasteiger partial charge in [0.25, 0.3) is 5.69 Å². The molecule has 0 bridgehead atoms. The lowest BCUT2D eigenvalue weighted by Crippen LogP contribution is -2.01. The summed E-state index contributed by atoms with van der Waals surface area (Å²) >= 11 is 0. The minimum atomic E-state index is -0.968. The molecule has 8 heteroatoms. The van der Waals surface area contributed by atoms with Crippen LogP contribution in [0.5, 0.6) is 0 Å². The maximum absolute atomic E-state index is 14.1. The van der Waals surface area contributed by atoms with Crippen LogP contribution in [0.3, 0.4) is 0 Å². The number of hydrogen-bond donors (Lipinski definition) is 0. The Hall–Kier alpha value is -4.46. The van der Waals surface area contributed by atoms with Crippen molar-refractivity contribution in [2.24, 2.45) is 0 Å². The van der Waals surface area contributed by atoms with Crippen molar-refractivity contribution < 1.29 is 13.7 Å². The molecule has 2 aliphatic rings. The fourth-order valence-corrected chi connectivity index (χ4v) is 3.85. The number of rotatable bonds is 5. The number of fused-ring (bicyclic) bond motifs is 1. The van der Waals surface area contributed by atoms with E-state index in [4.69, 9.17) is 0 Å². The van der Waals surface area contributed by atoms with Gasteiger partial charge in [-0.25, -0.2) is 18.7 Å². The molecular weight excluding hydrogens is 438 g/mol. The minimum Gasteiger partial charge on any atom is -0.348 e. The van der Waals surface area contributed by atoms with Crippen molar-refractivity contribution in [2.75, 3.05) is 0 Å². The first-order chi connectivity index (χ1) is 16.4. The van der Waals surface area contributed by atoms with E-state index < -0.39 is 11.6 Å². The SMILES string of the molecule is Cc1ccc(-c2ccc(Cn3ccc4nc(-c5cccc(F)c5F)nc-4c3)cc2)cc1[N+](=O)[O-]. The van der Waals surface area contributed by atoms with Crippen LogP contribution in [0.4, 0.5) is 14.5 Å². The van der Waals surface area contributed by atoms with Crippen LogP contribution >= 0.6 is 0 Å². The summed E-state index contributed by atoms with van der Waals surface area (Å²) in [5.74, 6) is -1.77. The Morgan fingerprint density at radius 3 is 2.44 bits per heavy atom. The van der Waals surface area contributed by atoms with Crippen molar-refractivity contribution in [1.82, 2.24) is 14.5 Å². The van der Waals surface area contributed by atoms with Gasteiger partial charge in [0.15, 0.2) is 17.5 Å². The van der Waals surface area contributed by atoms with Gasteiger partial charge in [0.2, 0.25) is 0 Å². The summed E-state index contributed by atoms with van der Waals surface area (Å²) in [6, 6.07) is 18.7. The van der Waals surface area contributed by atoms with Crippen molar-refractivity contribution in [3.63, 3.8) is 0 Å². The number of nitro groups is 1. The van der Waals surface area contributed by atoms with Crippen LogP contribution in [0, 0.1) is 28.7 Å². The second kappa shape index (κ2) is 8.47. The third-order valence-corrected chi connectivity index (χ3v) is 5.68. The number of aryl methyl sites for hydroxylation is 1. The molecule has 3 aromatic carbocycles. The predicted octanol–water partition coefficient (Wildman–Crippen LogP) is 6.26. The first-order valence-corrected chi connectivity index (χ1v) is 10.5. The summed E-state index contributed by atoms with van der Waals surface area (Å²) in [5, 5.41) is 11.2. The molecule has 0 aromatic heterocycles. The first-order valence-electron chi connectivity index (χ1n) is 10.5. The highest BCUT2D eigenvalue weighted by molar-refractivity contribution is 5.68. The highest BCUT2D eigenvalue weighted by Gasteiger charge is 2.17. The van der Waals surface area contributed by atoms with E-state index in [0.717, 1.165) is 22.8 Å². The summed E-state index contributed by atoms with van der Waals surface area (Å²) in [7, 11) is 0. The molecule has 2 heterocycles. The van der Waals surface area contributed by atoms with Crippen LogP contribution in [0.15, 0.2) is 79.1 Å². The smallest absolute Gasteiger partial charge is 0.272 e. The van der Waals surface area contributed by atoms with Gasteiger partial charge in [-0.15, -0.1) is 0 Å². The van der Waals surface area contributed by atoms with Gasteiger partial charge in [-0.3, -0.25) is 10.1 Å². The molecule has 0 unspecified atom stereocenters. The molecule has 34 heavy (non-hydrogen) atoms. The molecule has 2 aliphatic heterocycles. The van der Waals surface area contributed by atoms with Crippen LogP contribution in [-0.4, -0.2) is 19.5 Å². The molecule has 0 fully saturated rings. The third kappa shape index (κ3) is 4.01. The maximum atomic E-state index is 14.1. The molecule has 0 atom stereocenters. The molecule has 0 saturated heterocycles. The van der Waals surface area contributed by atoms with Gasteiger partial charge in [0, 0.05) is 30.6 Å². The molecule has 168 valence electrons. The molecule has 0 amide bonds. The number of imidazole rings is 1. The Kier molecular flexibility index (Phi) is 5.33. The summed E-state index contributed by atoms with van der Waals surface area (Å²) in [4.78, 5) is 19.6. The highest BCUT2D eigenvalue weighted by Crippen LogP contribution is 2.29. The Morgan fingerprint density at radius 1 is 0.941 bits per heavy atom. The van der Waals surface area contributed by atoms with Gasteiger partial charge in [-0.1, -0.05) is 42.5 Å². The van der Waals surface area contributed by atoms with Gasteiger partial charge < -0.3 is 4.57 Å². The molecule has 6 nitrogen and oxygen atoms in total. The maximum Gasteiger partial charge on any atom is 0.272 e. The summed E-state index contributed by atoms with van der Waals surface area (Å²) in [5.41, 5.74) is 4.59. The van der Waals surface area contributed by atoms with E-state index >= 15 is 0 Å². The predicted molar refractivity (Wildman–Crippen MR) is 124 cm³/mol. The molecule has 5 rings (SSSR count). The van der Waals surface area contributed by atoms with Crippen LogP contribution < -0.4 is 0 Å². The van der Waals surface area contributed by atoms with E-state index in [1.165, 1.54) is 12.1 Å². The van der Waals surface area contributed by atoms with Crippen LogP contribution in [-0.2, 0) is 6.54 Å². The first kappa shape index (κ1) is 21.4. The Labute approximate surface area is 193 Å². The number of halogens is 2. The Balaban J connectivity index is 1.38. The van der Waals surface area contributed by atoms with E-state index in [-0.39, 0.29) is 22.0 Å². The van der Waals surface area contributed by atoms with Gasteiger partial charge in [-0.05, 0) is 41.8 Å². The molecule has 0 spiro atoms. The van der Waals surface area contributed by atoms with Crippen LogP contribution in [0.2, 0.25) is 0 Å². The van der Waals surface area contributed by atoms with Gasteiger partial charge in [-0.2, -0.15) is 0 Å². The molecular formula is C26H18F2N4O2. The largest absolute Gasteiger partial charge is 0.348 e. The monoisotopic (exact) mass is 456 g/mol. The lowest BCUT2D eigenvalue weighted by molar-refractivity contribution is -0.385. The molecule has 0 radical (unpaired) electrons. The number of nitrogens with zero attached hydrogens (tertiary/aromatic N) is 4. The minimum absolute atomic E-state index is 0.0229. The zero-order valence-electron chi connectivity index (χ0n) is 18.1. The van der Waals surface area contributed by atoms with E-state index in [9.17, 15) is 18.9 Å². The number of hydrogen-bond acceptors (Lipinski definition) is 4. The van der Waals surface area contributed by atoms with Crippen molar-refractivity contribution in [2.45, 2.75) is 13.5 Å². The molecule has 0 N–H and O–H groups in total. The van der Waals surface area contributed by atoms with E-state index in [1.54, 1.807) is 31.3 Å². The number of pyridine rings is 1. The van der Waals surface area contributed by atoms with E-state index in [2.05, 4.69) is 9.97 Å². The second-order valence-electron chi connectivity index (χ2n) is 7.99. The Morgan fingerprint density at radius 2 is 1.68 bits per heavy atom.